The molecule has 0 aromatic heterocycles. The minimum absolute atomic E-state index is 0.650. The van der Waals surface area contributed by atoms with E-state index < -0.39 is 0 Å². The van der Waals surface area contributed by atoms with E-state index in [1.54, 1.807) is 0 Å². The highest BCUT2D eigenvalue weighted by atomic mass is 14.3. The lowest BCUT2D eigenvalue weighted by molar-refractivity contribution is 0.235. The molecule has 0 bridgehead atoms. The molecule has 0 aliphatic heterocycles. The lowest BCUT2D eigenvalue weighted by Crippen LogP contribution is -2.15. The van der Waals surface area contributed by atoms with Gasteiger partial charge in [-0.15, -0.1) is 0 Å². The van der Waals surface area contributed by atoms with E-state index in [2.05, 4.69) is 27.7 Å². The molecule has 0 spiro atoms. The topological polar surface area (TPSA) is 0 Å². The molecule has 0 unspecified atom stereocenters. The Hall–Kier alpha value is 0. The van der Waals surface area contributed by atoms with Crippen molar-refractivity contribution in [2.24, 2.45) is 5.41 Å². The van der Waals surface area contributed by atoms with Gasteiger partial charge in [-0.25, -0.2) is 0 Å². The third-order valence-corrected chi connectivity index (χ3v) is 3.34. The van der Waals surface area contributed by atoms with Crippen LogP contribution in [0.2, 0.25) is 0 Å². The summed E-state index contributed by atoms with van der Waals surface area (Å²) < 4.78 is 0. The largest absolute Gasteiger partial charge is 0.0654 e. The van der Waals surface area contributed by atoms with Crippen LogP contribution < -0.4 is 0 Å². The quantitative estimate of drug-likeness (QED) is 0.425. The Morgan fingerprint density at radius 3 is 1.64 bits per heavy atom. The Balaban J connectivity index is 3.71. The van der Waals surface area contributed by atoms with Gasteiger partial charge in [-0.05, 0) is 24.7 Å². The Bertz CT molecular complexity index is 109. The molecular weight excluding hydrogens is 168 g/mol. The fraction of sp³-hybridized carbons (Fsp3) is 1.00. The maximum absolute atomic E-state index is 2.49. The first kappa shape index (κ1) is 14.0. The maximum Gasteiger partial charge on any atom is -0.0326 e. The summed E-state index contributed by atoms with van der Waals surface area (Å²) in [6.45, 7) is 9.42. The first-order valence-corrected chi connectivity index (χ1v) is 6.68. The summed E-state index contributed by atoms with van der Waals surface area (Å²) in [5, 5.41) is 0. The van der Waals surface area contributed by atoms with Crippen molar-refractivity contribution in [3.05, 3.63) is 0 Å². The number of rotatable bonds is 9. The molecule has 0 atom stereocenters. The molecule has 0 heteroatoms. The van der Waals surface area contributed by atoms with E-state index in [-0.39, 0.29) is 0 Å². The second kappa shape index (κ2) is 8.32. The number of hydrogen-bond acceptors (Lipinski definition) is 0. The zero-order chi connectivity index (χ0) is 10.9. The average molecular weight is 198 g/mol. The zero-order valence-electron chi connectivity index (χ0n) is 10.9. The Labute approximate surface area is 91.5 Å². The molecule has 14 heavy (non-hydrogen) atoms. The zero-order valence-corrected chi connectivity index (χ0v) is 10.9. The van der Waals surface area contributed by atoms with Crippen LogP contribution in [-0.4, -0.2) is 0 Å². The summed E-state index contributed by atoms with van der Waals surface area (Å²) in [7, 11) is 0. The van der Waals surface area contributed by atoms with Crippen molar-refractivity contribution in [3.8, 4) is 0 Å². The highest BCUT2D eigenvalue weighted by Gasteiger charge is 2.20. The van der Waals surface area contributed by atoms with E-state index in [9.17, 15) is 0 Å². The monoisotopic (exact) mass is 198 g/mol. The predicted octanol–water partition coefficient (Wildman–Crippen LogP) is 5.56. The van der Waals surface area contributed by atoms with Crippen molar-refractivity contribution < 1.29 is 0 Å². The maximum atomic E-state index is 2.49. The molecular formula is C14H30. The minimum Gasteiger partial charge on any atom is -0.0654 e. The van der Waals surface area contributed by atoms with Gasteiger partial charge in [0.15, 0.2) is 0 Å². The van der Waals surface area contributed by atoms with Gasteiger partial charge in [0.2, 0.25) is 0 Å². The van der Waals surface area contributed by atoms with E-state index in [0.717, 1.165) is 0 Å². The van der Waals surface area contributed by atoms with E-state index >= 15 is 0 Å². The van der Waals surface area contributed by atoms with Crippen molar-refractivity contribution in [1.82, 2.24) is 0 Å². The van der Waals surface area contributed by atoms with Gasteiger partial charge in [0, 0.05) is 0 Å². The molecule has 0 aliphatic rings. The van der Waals surface area contributed by atoms with Crippen molar-refractivity contribution in [1.29, 1.82) is 0 Å². The van der Waals surface area contributed by atoms with Crippen molar-refractivity contribution in [2.75, 3.05) is 0 Å². The van der Waals surface area contributed by atoms with Gasteiger partial charge in [0.1, 0.15) is 0 Å². The molecule has 0 aromatic carbocycles. The Morgan fingerprint density at radius 2 is 1.21 bits per heavy atom. The van der Waals surface area contributed by atoms with Crippen LogP contribution in [0.15, 0.2) is 0 Å². The molecule has 0 fully saturated rings. The third kappa shape index (κ3) is 6.45. The second-order valence-electron chi connectivity index (χ2n) is 5.12. The average Bonchev–Trinajstić information content (AvgIpc) is 2.13. The van der Waals surface area contributed by atoms with Gasteiger partial charge in [-0.2, -0.15) is 0 Å². The van der Waals surface area contributed by atoms with Crippen molar-refractivity contribution in [2.45, 2.75) is 85.5 Å². The molecule has 0 aliphatic carbocycles. The van der Waals surface area contributed by atoms with Gasteiger partial charge >= 0.3 is 0 Å². The van der Waals surface area contributed by atoms with Crippen LogP contribution in [0, 0.1) is 5.41 Å². The lowest BCUT2D eigenvalue weighted by atomic mass is 9.77. The van der Waals surface area contributed by atoms with Crippen LogP contribution in [0.3, 0.4) is 0 Å². The molecule has 0 N–H and O–H groups in total. The predicted molar refractivity (Wildman–Crippen MR) is 66.7 cm³/mol. The molecule has 0 aromatic rings. The molecule has 0 saturated heterocycles. The van der Waals surface area contributed by atoms with E-state index in [1.165, 1.54) is 57.8 Å². The number of unbranched alkanes of at least 4 members (excludes halogenated alkanes) is 3. The summed E-state index contributed by atoms with van der Waals surface area (Å²) in [6, 6.07) is 0. The normalized spacial score (nSPS) is 12.0. The van der Waals surface area contributed by atoms with Gasteiger partial charge in [0.05, 0.1) is 0 Å². The van der Waals surface area contributed by atoms with Crippen LogP contribution in [-0.2, 0) is 0 Å². The van der Waals surface area contributed by atoms with E-state index in [4.69, 9.17) is 0 Å². The van der Waals surface area contributed by atoms with Crippen LogP contribution in [0.5, 0.6) is 0 Å². The van der Waals surface area contributed by atoms with Gasteiger partial charge in [0.25, 0.3) is 0 Å². The van der Waals surface area contributed by atoms with Crippen molar-refractivity contribution >= 4 is 0 Å². The first-order chi connectivity index (χ1) is 6.68. The minimum atomic E-state index is 0.650. The van der Waals surface area contributed by atoms with Crippen LogP contribution in [0.1, 0.15) is 85.5 Å². The van der Waals surface area contributed by atoms with E-state index in [1.807, 2.05) is 0 Å². The van der Waals surface area contributed by atoms with Crippen LogP contribution >= 0.6 is 0 Å². The smallest absolute Gasteiger partial charge is 0.0326 e. The molecule has 0 rings (SSSR count). The highest BCUT2D eigenvalue weighted by Crippen LogP contribution is 2.34. The summed E-state index contributed by atoms with van der Waals surface area (Å²) in [5.74, 6) is 0. The summed E-state index contributed by atoms with van der Waals surface area (Å²) in [6.07, 6.45) is 12.7. The summed E-state index contributed by atoms with van der Waals surface area (Å²) in [4.78, 5) is 0. The van der Waals surface area contributed by atoms with Gasteiger partial charge in [-0.3, -0.25) is 0 Å². The Morgan fingerprint density at radius 1 is 0.643 bits per heavy atom. The molecule has 0 heterocycles. The molecule has 0 radical (unpaired) electrons. The second-order valence-corrected chi connectivity index (χ2v) is 5.12. The van der Waals surface area contributed by atoms with Crippen molar-refractivity contribution in [3.63, 3.8) is 0 Å². The van der Waals surface area contributed by atoms with Crippen LogP contribution in [0.4, 0.5) is 0 Å². The summed E-state index contributed by atoms with van der Waals surface area (Å²) >= 11 is 0. The standard InChI is InChI=1S/C14H30/c1-5-8-9-10-13-14(4,11-6-2)12-7-3/h5-13H2,1-4H3. The fourth-order valence-corrected chi connectivity index (χ4v) is 2.56. The first-order valence-electron chi connectivity index (χ1n) is 6.68. The molecule has 0 saturated carbocycles. The fourth-order valence-electron chi connectivity index (χ4n) is 2.56. The third-order valence-electron chi connectivity index (χ3n) is 3.34. The Kier molecular flexibility index (Phi) is 8.32. The van der Waals surface area contributed by atoms with Gasteiger partial charge in [-0.1, -0.05) is 66.2 Å². The molecule has 0 nitrogen and oxygen atoms in total. The van der Waals surface area contributed by atoms with E-state index in [0.29, 0.717) is 5.41 Å². The highest BCUT2D eigenvalue weighted by molar-refractivity contribution is 4.73. The van der Waals surface area contributed by atoms with Gasteiger partial charge < -0.3 is 0 Å². The summed E-state index contributed by atoms with van der Waals surface area (Å²) in [5.41, 5.74) is 0.650. The molecule has 0 amide bonds. The lowest BCUT2D eigenvalue weighted by Gasteiger charge is -2.29. The SMILES string of the molecule is CCCCCCC(C)(CCC)CCC. The molecule has 86 valence electrons. The number of hydrogen-bond donors (Lipinski definition) is 0. The van der Waals surface area contributed by atoms with Crippen LogP contribution in [0.25, 0.3) is 0 Å².